The van der Waals surface area contributed by atoms with E-state index in [1.165, 1.54) is 11.3 Å². The molecule has 2 amide bonds. The minimum Gasteiger partial charge on any atom is -0.480 e. The Hall–Kier alpha value is -2.12. The SMILES string of the molecule is CC1(C(=O)O)CCCN1C(=O)NCc1ncon1. The summed E-state index contributed by atoms with van der Waals surface area (Å²) in [5.74, 6) is -0.644. The summed E-state index contributed by atoms with van der Waals surface area (Å²) < 4.78 is 4.53. The topological polar surface area (TPSA) is 109 Å². The number of carbonyl (C=O) groups is 2. The van der Waals surface area contributed by atoms with Crippen LogP contribution in [0.15, 0.2) is 10.9 Å². The van der Waals surface area contributed by atoms with Crippen LogP contribution in [0.25, 0.3) is 0 Å². The van der Waals surface area contributed by atoms with Gasteiger partial charge >= 0.3 is 12.0 Å². The molecular formula is C10H14N4O4. The molecule has 0 bridgehead atoms. The van der Waals surface area contributed by atoms with E-state index in [-0.39, 0.29) is 6.54 Å². The molecule has 1 aromatic rings. The Morgan fingerprint density at radius 3 is 3.06 bits per heavy atom. The molecule has 0 aliphatic carbocycles. The van der Waals surface area contributed by atoms with Gasteiger partial charge in [0.2, 0.25) is 6.39 Å². The van der Waals surface area contributed by atoms with Crippen LogP contribution in [0.5, 0.6) is 0 Å². The minimum atomic E-state index is -1.14. The first-order chi connectivity index (χ1) is 8.54. The number of hydrogen-bond acceptors (Lipinski definition) is 5. The summed E-state index contributed by atoms with van der Waals surface area (Å²) >= 11 is 0. The van der Waals surface area contributed by atoms with Gasteiger partial charge in [-0.3, -0.25) is 0 Å². The van der Waals surface area contributed by atoms with Crippen molar-refractivity contribution in [2.45, 2.75) is 31.8 Å². The lowest BCUT2D eigenvalue weighted by Gasteiger charge is -2.30. The van der Waals surface area contributed by atoms with Crippen LogP contribution in [0.4, 0.5) is 4.79 Å². The Morgan fingerprint density at radius 1 is 1.67 bits per heavy atom. The maximum atomic E-state index is 11.9. The highest BCUT2D eigenvalue weighted by Crippen LogP contribution is 2.29. The van der Waals surface area contributed by atoms with E-state index in [1.807, 2.05) is 0 Å². The van der Waals surface area contributed by atoms with Crippen molar-refractivity contribution < 1.29 is 19.2 Å². The van der Waals surface area contributed by atoms with Gasteiger partial charge in [0, 0.05) is 6.54 Å². The zero-order valence-electron chi connectivity index (χ0n) is 9.92. The van der Waals surface area contributed by atoms with Crippen molar-refractivity contribution in [2.75, 3.05) is 6.54 Å². The van der Waals surface area contributed by atoms with Gasteiger partial charge in [-0.15, -0.1) is 0 Å². The molecule has 0 radical (unpaired) electrons. The average Bonchev–Trinajstić information content (AvgIpc) is 2.95. The third kappa shape index (κ3) is 2.13. The molecule has 2 N–H and O–H groups in total. The molecule has 0 saturated carbocycles. The van der Waals surface area contributed by atoms with Crippen molar-refractivity contribution in [1.29, 1.82) is 0 Å². The van der Waals surface area contributed by atoms with Gasteiger partial charge < -0.3 is 19.8 Å². The predicted molar refractivity (Wildman–Crippen MR) is 58.5 cm³/mol. The Morgan fingerprint density at radius 2 is 2.44 bits per heavy atom. The number of hydrogen-bond donors (Lipinski definition) is 2. The Bertz CT molecular complexity index is 447. The van der Waals surface area contributed by atoms with E-state index < -0.39 is 17.5 Å². The quantitative estimate of drug-likeness (QED) is 0.798. The molecule has 8 heteroatoms. The molecule has 18 heavy (non-hydrogen) atoms. The fraction of sp³-hybridized carbons (Fsp3) is 0.600. The predicted octanol–water partition coefficient (Wildman–Crippen LogP) is 0.218. The molecule has 1 unspecified atom stereocenters. The van der Waals surface area contributed by atoms with Gasteiger partial charge in [-0.05, 0) is 19.8 Å². The van der Waals surface area contributed by atoms with E-state index in [0.717, 1.165) is 0 Å². The van der Waals surface area contributed by atoms with E-state index >= 15 is 0 Å². The van der Waals surface area contributed by atoms with Crippen LogP contribution in [0.3, 0.4) is 0 Å². The highest BCUT2D eigenvalue weighted by molar-refractivity contribution is 5.86. The van der Waals surface area contributed by atoms with Gasteiger partial charge in [0.1, 0.15) is 5.54 Å². The average molecular weight is 254 g/mol. The van der Waals surface area contributed by atoms with E-state index in [9.17, 15) is 14.7 Å². The van der Waals surface area contributed by atoms with Crippen molar-refractivity contribution in [2.24, 2.45) is 0 Å². The molecule has 98 valence electrons. The summed E-state index contributed by atoms with van der Waals surface area (Å²) in [5.41, 5.74) is -1.14. The molecule has 1 aliphatic rings. The summed E-state index contributed by atoms with van der Waals surface area (Å²) in [6.07, 6.45) is 2.30. The van der Waals surface area contributed by atoms with Gasteiger partial charge in [0.15, 0.2) is 5.82 Å². The second kappa shape index (κ2) is 4.63. The van der Waals surface area contributed by atoms with Crippen LogP contribution in [0.1, 0.15) is 25.6 Å². The molecule has 8 nitrogen and oxygen atoms in total. The highest BCUT2D eigenvalue weighted by atomic mass is 16.5. The molecule has 2 rings (SSSR count). The number of amides is 2. The molecule has 1 fully saturated rings. The van der Waals surface area contributed by atoms with Gasteiger partial charge in [-0.25, -0.2) is 9.59 Å². The van der Waals surface area contributed by atoms with Crippen molar-refractivity contribution >= 4 is 12.0 Å². The molecule has 2 heterocycles. The largest absolute Gasteiger partial charge is 0.480 e. The van der Waals surface area contributed by atoms with Crippen LogP contribution < -0.4 is 5.32 Å². The Kier molecular flexibility index (Phi) is 3.17. The lowest BCUT2D eigenvalue weighted by atomic mass is 10.00. The van der Waals surface area contributed by atoms with Crippen LogP contribution in [-0.4, -0.2) is 44.2 Å². The number of rotatable bonds is 3. The van der Waals surface area contributed by atoms with Crippen molar-refractivity contribution in [1.82, 2.24) is 20.4 Å². The molecule has 1 aliphatic heterocycles. The van der Waals surface area contributed by atoms with Crippen molar-refractivity contribution in [3.8, 4) is 0 Å². The van der Waals surface area contributed by atoms with E-state index in [2.05, 4.69) is 20.0 Å². The van der Waals surface area contributed by atoms with Crippen molar-refractivity contribution in [3.05, 3.63) is 12.2 Å². The van der Waals surface area contributed by atoms with Crippen LogP contribution in [0, 0.1) is 0 Å². The summed E-state index contributed by atoms with van der Waals surface area (Å²) in [6.45, 7) is 2.10. The number of nitrogens with zero attached hydrogens (tertiary/aromatic N) is 3. The van der Waals surface area contributed by atoms with Crippen LogP contribution >= 0.6 is 0 Å². The molecule has 1 aromatic heterocycles. The number of likely N-dealkylation sites (tertiary alicyclic amines) is 1. The normalized spacial score (nSPS) is 23.1. The summed E-state index contributed by atoms with van der Waals surface area (Å²) in [7, 11) is 0. The monoisotopic (exact) mass is 254 g/mol. The standard InChI is InChI=1S/C10H14N4O4/c1-10(8(15)16)3-2-4-14(10)9(17)11-5-7-12-6-18-13-7/h6H,2-5H2,1H3,(H,11,17)(H,15,16). The van der Waals surface area contributed by atoms with Crippen LogP contribution in [-0.2, 0) is 11.3 Å². The first kappa shape index (κ1) is 12.3. The number of urea groups is 1. The van der Waals surface area contributed by atoms with E-state index in [4.69, 9.17) is 0 Å². The number of carboxylic acid groups (broad SMARTS) is 1. The fourth-order valence-electron chi connectivity index (χ4n) is 2.03. The fourth-order valence-corrected chi connectivity index (χ4v) is 2.03. The second-order valence-electron chi connectivity index (χ2n) is 4.34. The number of nitrogens with one attached hydrogen (secondary N) is 1. The molecule has 1 saturated heterocycles. The van der Waals surface area contributed by atoms with E-state index in [1.54, 1.807) is 6.92 Å². The third-order valence-corrected chi connectivity index (χ3v) is 3.15. The Labute approximate surface area is 103 Å². The second-order valence-corrected chi connectivity index (χ2v) is 4.34. The zero-order chi connectivity index (χ0) is 13.2. The highest BCUT2D eigenvalue weighted by Gasteiger charge is 2.45. The zero-order valence-corrected chi connectivity index (χ0v) is 9.92. The maximum Gasteiger partial charge on any atom is 0.329 e. The molecule has 0 spiro atoms. The third-order valence-electron chi connectivity index (χ3n) is 3.15. The summed E-state index contributed by atoms with van der Waals surface area (Å²) in [6, 6.07) is -0.429. The summed E-state index contributed by atoms with van der Waals surface area (Å²) in [4.78, 5) is 28.2. The Balaban J connectivity index is 1.98. The minimum absolute atomic E-state index is 0.113. The van der Waals surface area contributed by atoms with Crippen molar-refractivity contribution in [3.63, 3.8) is 0 Å². The number of carbonyl (C=O) groups excluding carboxylic acids is 1. The first-order valence-electron chi connectivity index (χ1n) is 5.58. The molecule has 0 aromatic carbocycles. The van der Waals surface area contributed by atoms with Gasteiger partial charge in [-0.1, -0.05) is 5.16 Å². The molecule has 1 atom stereocenters. The van der Waals surface area contributed by atoms with E-state index in [0.29, 0.717) is 25.2 Å². The lowest BCUT2D eigenvalue weighted by molar-refractivity contribution is -0.147. The van der Waals surface area contributed by atoms with Crippen LogP contribution in [0.2, 0.25) is 0 Å². The van der Waals surface area contributed by atoms with Gasteiger partial charge in [0.05, 0.1) is 6.54 Å². The number of aromatic nitrogens is 2. The number of carboxylic acids is 1. The van der Waals surface area contributed by atoms with Gasteiger partial charge in [0.25, 0.3) is 0 Å². The first-order valence-corrected chi connectivity index (χ1v) is 5.58. The number of aliphatic carboxylic acids is 1. The molecular weight excluding hydrogens is 240 g/mol. The maximum absolute atomic E-state index is 11.9. The smallest absolute Gasteiger partial charge is 0.329 e. The summed E-state index contributed by atoms with van der Waals surface area (Å²) in [5, 5.41) is 15.3. The van der Waals surface area contributed by atoms with Gasteiger partial charge in [-0.2, -0.15) is 4.98 Å². The lowest BCUT2D eigenvalue weighted by Crippen LogP contribution is -2.54.